The van der Waals surface area contributed by atoms with E-state index in [1.165, 1.54) is 11.8 Å². The quantitative estimate of drug-likeness (QED) is 0.524. The molecule has 0 spiro atoms. The van der Waals surface area contributed by atoms with E-state index in [9.17, 15) is 4.79 Å². The van der Waals surface area contributed by atoms with Gasteiger partial charge in [0.1, 0.15) is 0 Å². The van der Waals surface area contributed by atoms with Crippen LogP contribution in [-0.2, 0) is 0 Å². The van der Waals surface area contributed by atoms with Gasteiger partial charge in [-0.1, -0.05) is 23.5 Å². The normalized spacial score (nSPS) is 20.6. The predicted octanol–water partition coefficient (Wildman–Crippen LogP) is 1.96. The minimum Gasteiger partial charge on any atom is -0.259 e. The summed E-state index contributed by atoms with van der Waals surface area (Å²) in [7, 11) is 0. The maximum atomic E-state index is 10.4. The van der Waals surface area contributed by atoms with E-state index < -0.39 is 0 Å². The number of nitrogens with zero attached hydrogens (tertiary/aromatic N) is 1. The number of thioether (sulfide) groups is 2. The average Bonchev–Trinajstić information content (AvgIpc) is 1.64. The van der Waals surface area contributed by atoms with Gasteiger partial charge in [-0.05, 0) is 6.92 Å². The summed E-state index contributed by atoms with van der Waals surface area (Å²) in [5.74, 6) is 0. The number of hydrogen-bond acceptors (Lipinski definition) is 3. The smallest absolute Gasteiger partial charge is 0.259 e. The second-order valence-corrected chi connectivity index (χ2v) is 3.76. The summed E-state index contributed by atoms with van der Waals surface area (Å²) in [4.78, 5) is 14.1. The number of hydrogen-bond donors (Lipinski definition) is 0. The van der Waals surface area contributed by atoms with Crippen LogP contribution in [0, 0.1) is 0 Å². The first-order valence-corrected chi connectivity index (χ1v) is 4.11. The molecule has 0 aromatic heterocycles. The highest BCUT2D eigenvalue weighted by Crippen LogP contribution is 2.21. The molecule has 0 N–H and O–H groups in total. The van der Waals surface area contributed by atoms with Crippen LogP contribution in [0.25, 0.3) is 0 Å². The predicted molar refractivity (Wildman–Crippen MR) is 38.6 cm³/mol. The maximum absolute atomic E-state index is 10.4. The van der Waals surface area contributed by atoms with E-state index in [0.29, 0.717) is 0 Å². The molecule has 1 heterocycles. The van der Waals surface area contributed by atoms with E-state index in [2.05, 4.69) is 4.99 Å². The maximum Gasteiger partial charge on any atom is 0.306 e. The van der Waals surface area contributed by atoms with E-state index in [-0.39, 0.29) is 5.24 Å². The lowest BCUT2D eigenvalue weighted by Crippen LogP contribution is -1.97. The third kappa shape index (κ3) is 1.52. The molecule has 0 aliphatic carbocycles. The Kier molecular flexibility index (Phi) is 1.96. The Balaban J connectivity index is 2.64. The summed E-state index contributed by atoms with van der Waals surface area (Å²) < 4.78 is 0. The third-order valence-corrected chi connectivity index (χ3v) is 2.49. The Labute approximate surface area is 56.1 Å². The Morgan fingerprint density at radius 1 is 1.62 bits per heavy atom. The molecule has 1 aliphatic rings. The zero-order valence-electron chi connectivity index (χ0n) is 4.38. The number of rotatable bonds is 0. The molecule has 0 fully saturated rings. The van der Waals surface area contributed by atoms with E-state index >= 15 is 0 Å². The van der Waals surface area contributed by atoms with Gasteiger partial charge in [0.2, 0.25) is 0 Å². The summed E-state index contributed by atoms with van der Waals surface area (Å²) in [6, 6.07) is 0. The molecular weight excluding hydrogens is 142 g/mol. The van der Waals surface area contributed by atoms with Crippen molar-refractivity contribution in [1.29, 1.82) is 0 Å². The first-order valence-electron chi connectivity index (χ1n) is 2.14. The molecule has 0 aromatic carbocycles. The van der Waals surface area contributed by atoms with Crippen LogP contribution >= 0.6 is 23.5 Å². The molecule has 0 aromatic rings. The van der Waals surface area contributed by atoms with Gasteiger partial charge in [0.05, 0.1) is 10.1 Å². The van der Waals surface area contributed by atoms with Crippen LogP contribution in [0.1, 0.15) is 6.92 Å². The van der Waals surface area contributed by atoms with Gasteiger partial charge in [-0.25, -0.2) is 4.99 Å². The van der Waals surface area contributed by atoms with Crippen molar-refractivity contribution in [3.05, 3.63) is 0 Å². The SMILES string of the molecule is CC1=NC(=O)SCS1. The monoisotopic (exact) mass is 147 g/mol. The van der Waals surface area contributed by atoms with Gasteiger partial charge >= 0.3 is 5.24 Å². The largest absolute Gasteiger partial charge is 0.306 e. The molecule has 1 aliphatic heterocycles. The Morgan fingerprint density at radius 2 is 2.38 bits per heavy atom. The van der Waals surface area contributed by atoms with Gasteiger partial charge < -0.3 is 0 Å². The lowest BCUT2D eigenvalue weighted by molar-refractivity contribution is 0.267. The highest BCUT2D eigenvalue weighted by atomic mass is 32.2. The number of carbonyl (C=O) groups is 1. The number of amides is 1. The summed E-state index contributed by atoms with van der Waals surface area (Å²) >= 11 is 2.87. The van der Waals surface area contributed by atoms with Crippen molar-refractivity contribution in [2.45, 2.75) is 6.92 Å². The van der Waals surface area contributed by atoms with E-state index in [4.69, 9.17) is 0 Å². The van der Waals surface area contributed by atoms with Crippen molar-refractivity contribution >= 4 is 33.8 Å². The molecule has 1 amide bonds. The first-order chi connectivity index (χ1) is 3.79. The second kappa shape index (κ2) is 2.55. The molecule has 0 atom stereocenters. The fraction of sp³-hybridized carbons (Fsp3) is 0.500. The zero-order valence-corrected chi connectivity index (χ0v) is 6.01. The van der Waals surface area contributed by atoms with Crippen LogP contribution in [0.2, 0.25) is 0 Å². The fourth-order valence-corrected chi connectivity index (χ4v) is 2.09. The zero-order chi connectivity index (χ0) is 5.98. The standard InChI is InChI=1S/C4H5NOS2/c1-3-5-4(6)8-2-7-3/h2H2,1H3. The molecule has 0 saturated heterocycles. The molecule has 8 heavy (non-hydrogen) atoms. The molecule has 4 heteroatoms. The Bertz CT molecular complexity index is 143. The van der Waals surface area contributed by atoms with Crippen LogP contribution in [0.15, 0.2) is 4.99 Å². The minimum absolute atomic E-state index is 0.0544. The average molecular weight is 147 g/mol. The fourth-order valence-electron chi connectivity index (χ4n) is 0.358. The van der Waals surface area contributed by atoms with Gasteiger partial charge in [-0.2, -0.15) is 0 Å². The third-order valence-electron chi connectivity index (χ3n) is 0.699. The molecule has 0 unspecified atom stereocenters. The highest BCUT2D eigenvalue weighted by Gasteiger charge is 2.07. The first kappa shape index (κ1) is 6.16. The van der Waals surface area contributed by atoms with Gasteiger partial charge in [-0.15, -0.1) is 0 Å². The van der Waals surface area contributed by atoms with Crippen molar-refractivity contribution in [3.63, 3.8) is 0 Å². The summed E-state index contributed by atoms with van der Waals surface area (Å²) in [5, 5.41) is 1.66. The highest BCUT2D eigenvalue weighted by molar-refractivity contribution is 8.30. The van der Waals surface area contributed by atoms with E-state index in [0.717, 1.165) is 10.1 Å². The van der Waals surface area contributed by atoms with Gasteiger partial charge in [0.15, 0.2) is 0 Å². The molecule has 1 rings (SSSR count). The van der Waals surface area contributed by atoms with E-state index in [1.54, 1.807) is 11.8 Å². The summed E-state index contributed by atoms with van der Waals surface area (Å²) in [6.07, 6.45) is 0. The molecule has 44 valence electrons. The van der Waals surface area contributed by atoms with Crippen molar-refractivity contribution < 1.29 is 4.79 Å². The Hall–Kier alpha value is 0.0400. The summed E-state index contributed by atoms with van der Waals surface area (Å²) in [6.45, 7) is 1.85. The lowest BCUT2D eigenvalue weighted by atomic mass is 10.9. The Morgan fingerprint density at radius 3 is 2.75 bits per heavy atom. The summed E-state index contributed by atoms with van der Waals surface area (Å²) in [5.41, 5.74) is 0. The van der Waals surface area contributed by atoms with Crippen molar-refractivity contribution in [1.82, 2.24) is 0 Å². The molecule has 0 bridgehead atoms. The van der Waals surface area contributed by atoms with Crippen molar-refractivity contribution in [3.8, 4) is 0 Å². The minimum atomic E-state index is -0.0544. The number of aliphatic imine (C=N–C) groups is 1. The van der Waals surface area contributed by atoms with Gasteiger partial charge in [0, 0.05) is 0 Å². The van der Waals surface area contributed by atoms with Crippen molar-refractivity contribution in [2.75, 3.05) is 5.08 Å². The molecule has 0 saturated carbocycles. The lowest BCUT2D eigenvalue weighted by Gasteiger charge is -2.02. The van der Waals surface area contributed by atoms with Crippen LogP contribution in [0.3, 0.4) is 0 Å². The van der Waals surface area contributed by atoms with Gasteiger partial charge in [0.25, 0.3) is 0 Å². The molecule has 0 radical (unpaired) electrons. The molecule has 2 nitrogen and oxygen atoms in total. The van der Waals surface area contributed by atoms with Crippen LogP contribution in [0.5, 0.6) is 0 Å². The molecular formula is C4H5NOS2. The topological polar surface area (TPSA) is 29.4 Å². The van der Waals surface area contributed by atoms with Crippen LogP contribution in [0.4, 0.5) is 4.79 Å². The van der Waals surface area contributed by atoms with Crippen LogP contribution in [-0.4, -0.2) is 15.4 Å². The van der Waals surface area contributed by atoms with Gasteiger partial charge in [-0.3, -0.25) is 4.79 Å². The van der Waals surface area contributed by atoms with Crippen LogP contribution < -0.4 is 0 Å². The number of carbonyl (C=O) groups excluding carboxylic acids is 1. The van der Waals surface area contributed by atoms with E-state index in [1.807, 2.05) is 6.92 Å². The second-order valence-electron chi connectivity index (χ2n) is 1.30. The van der Waals surface area contributed by atoms with Crippen molar-refractivity contribution in [2.24, 2.45) is 4.99 Å².